The predicted molar refractivity (Wildman–Crippen MR) is 67.5 cm³/mol. The highest BCUT2D eigenvalue weighted by Crippen LogP contribution is 2.45. The van der Waals surface area contributed by atoms with Gasteiger partial charge in [-0.2, -0.15) is 0 Å². The molecule has 1 aliphatic carbocycles. The molecule has 0 aromatic carbocycles. The van der Waals surface area contributed by atoms with Crippen molar-refractivity contribution in [2.24, 2.45) is 17.8 Å². The minimum Gasteiger partial charge on any atom is -0.481 e. The first kappa shape index (κ1) is 14.3. The Hall–Kier alpha value is -1.10. The summed E-state index contributed by atoms with van der Waals surface area (Å²) in [5.74, 6) is -1.68. The number of carboxylic acid groups (broad SMARTS) is 1. The van der Waals surface area contributed by atoms with Crippen LogP contribution in [-0.2, 0) is 19.1 Å². The molecule has 108 valence electrons. The molecule has 1 N–H and O–H groups in total. The molecular formula is C14H22O5. The minimum absolute atomic E-state index is 0.0212. The summed E-state index contributed by atoms with van der Waals surface area (Å²) >= 11 is 0. The van der Waals surface area contributed by atoms with Crippen LogP contribution in [0.4, 0.5) is 0 Å². The molecule has 19 heavy (non-hydrogen) atoms. The maximum Gasteiger partial charge on any atom is 0.307 e. The van der Waals surface area contributed by atoms with E-state index in [9.17, 15) is 14.7 Å². The molecule has 1 heterocycles. The molecule has 2 fully saturated rings. The molecule has 1 saturated carbocycles. The molecule has 0 aromatic heterocycles. The molecule has 5 atom stereocenters. The average molecular weight is 270 g/mol. The summed E-state index contributed by atoms with van der Waals surface area (Å²) in [5.41, 5.74) is 0. The van der Waals surface area contributed by atoms with Gasteiger partial charge in [0.05, 0.1) is 31.7 Å². The van der Waals surface area contributed by atoms with Gasteiger partial charge < -0.3 is 14.6 Å². The van der Waals surface area contributed by atoms with E-state index in [1.54, 1.807) is 0 Å². The number of methoxy groups -OCH3 is 1. The second-order valence-corrected chi connectivity index (χ2v) is 5.70. The van der Waals surface area contributed by atoms with Crippen molar-refractivity contribution in [1.29, 1.82) is 0 Å². The van der Waals surface area contributed by atoms with Crippen LogP contribution in [-0.4, -0.2) is 36.4 Å². The van der Waals surface area contributed by atoms with Gasteiger partial charge in [0.25, 0.3) is 0 Å². The van der Waals surface area contributed by atoms with E-state index in [2.05, 4.69) is 4.74 Å². The molecule has 0 aromatic rings. The van der Waals surface area contributed by atoms with Crippen LogP contribution in [0.5, 0.6) is 0 Å². The quantitative estimate of drug-likeness (QED) is 0.789. The Balaban J connectivity index is 2.14. The second-order valence-electron chi connectivity index (χ2n) is 5.70. The lowest BCUT2D eigenvalue weighted by Crippen LogP contribution is -2.43. The molecule has 1 saturated heterocycles. The van der Waals surface area contributed by atoms with Gasteiger partial charge in [0.15, 0.2) is 0 Å². The second kappa shape index (κ2) is 5.90. The first-order valence-corrected chi connectivity index (χ1v) is 6.98. The number of carboxylic acids is 1. The van der Waals surface area contributed by atoms with Crippen LogP contribution >= 0.6 is 0 Å². The van der Waals surface area contributed by atoms with Gasteiger partial charge in [0.2, 0.25) is 0 Å². The van der Waals surface area contributed by atoms with Crippen molar-refractivity contribution in [3.05, 3.63) is 0 Å². The first-order valence-electron chi connectivity index (χ1n) is 6.98. The maximum absolute atomic E-state index is 11.5. The van der Waals surface area contributed by atoms with Crippen LogP contribution in [0.2, 0.25) is 0 Å². The van der Waals surface area contributed by atoms with Crippen LogP contribution in [0.15, 0.2) is 0 Å². The molecule has 0 radical (unpaired) electrons. The van der Waals surface area contributed by atoms with E-state index in [4.69, 9.17) is 4.74 Å². The summed E-state index contributed by atoms with van der Waals surface area (Å²) in [6.07, 6.45) is 4.03. The SMILES string of the molecule is COC(=O)C[C@H](C(=O)O)[C@H]1C[C@@H](C)O[C@H]2CCC[C@@H]12. The van der Waals surface area contributed by atoms with Crippen molar-refractivity contribution < 1.29 is 24.2 Å². The third-order valence-corrected chi connectivity index (χ3v) is 4.51. The highest BCUT2D eigenvalue weighted by Gasteiger charge is 2.45. The Labute approximate surface area is 113 Å². The van der Waals surface area contributed by atoms with Gasteiger partial charge in [0.1, 0.15) is 0 Å². The number of fused-ring (bicyclic) bond motifs is 1. The number of hydrogen-bond acceptors (Lipinski definition) is 4. The molecule has 2 rings (SSSR count). The van der Waals surface area contributed by atoms with E-state index < -0.39 is 17.9 Å². The van der Waals surface area contributed by atoms with Gasteiger partial charge >= 0.3 is 11.9 Å². The van der Waals surface area contributed by atoms with Crippen molar-refractivity contribution in [2.75, 3.05) is 7.11 Å². The molecule has 0 spiro atoms. The molecule has 2 aliphatic rings. The van der Waals surface area contributed by atoms with E-state index >= 15 is 0 Å². The first-order chi connectivity index (χ1) is 9.02. The molecular weight excluding hydrogens is 248 g/mol. The highest BCUT2D eigenvalue weighted by molar-refractivity contribution is 5.79. The molecule has 0 unspecified atom stereocenters. The number of ether oxygens (including phenoxy) is 2. The normalized spacial score (nSPS) is 35.5. The Kier molecular flexibility index (Phi) is 4.45. The summed E-state index contributed by atoms with van der Waals surface area (Å²) in [7, 11) is 1.30. The van der Waals surface area contributed by atoms with E-state index in [-0.39, 0.29) is 30.5 Å². The van der Waals surface area contributed by atoms with Crippen molar-refractivity contribution >= 4 is 11.9 Å². The van der Waals surface area contributed by atoms with E-state index in [1.807, 2.05) is 6.92 Å². The smallest absolute Gasteiger partial charge is 0.307 e. The topological polar surface area (TPSA) is 72.8 Å². The van der Waals surface area contributed by atoms with E-state index in [1.165, 1.54) is 7.11 Å². The molecule has 0 bridgehead atoms. The van der Waals surface area contributed by atoms with Crippen LogP contribution in [0.25, 0.3) is 0 Å². The summed E-state index contributed by atoms with van der Waals surface area (Å²) in [5, 5.41) is 9.43. The number of carbonyl (C=O) groups is 2. The van der Waals surface area contributed by atoms with Gasteiger partial charge in [-0.1, -0.05) is 6.42 Å². The molecule has 0 amide bonds. The highest BCUT2D eigenvalue weighted by atomic mass is 16.5. The molecule has 5 heteroatoms. The van der Waals surface area contributed by atoms with Crippen LogP contribution < -0.4 is 0 Å². The average Bonchev–Trinajstić information content (AvgIpc) is 2.82. The fraction of sp³-hybridized carbons (Fsp3) is 0.857. The number of hydrogen-bond donors (Lipinski definition) is 1. The zero-order valence-corrected chi connectivity index (χ0v) is 11.5. The lowest BCUT2D eigenvalue weighted by atomic mass is 9.73. The monoisotopic (exact) mass is 270 g/mol. The fourth-order valence-corrected chi connectivity index (χ4v) is 3.67. The zero-order valence-electron chi connectivity index (χ0n) is 11.5. The summed E-state index contributed by atoms with van der Waals surface area (Å²) in [6, 6.07) is 0. The van der Waals surface area contributed by atoms with E-state index in [0.717, 1.165) is 25.7 Å². The molecule has 5 nitrogen and oxygen atoms in total. The Bertz CT molecular complexity index is 354. The van der Waals surface area contributed by atoms with Crippen LogP contribution in [0, 0.1) is 17.8 Å². The van der Waals surface area contributed by atoms with Crippen molar-refractivity contribution in [2.45, 2.75) is 51.2 Å². The van der Waals surface area contributed by atoms with Gasteiger partial charge in [-0.15, -0.1) is 0 Å². The largest absolute Gasteiger partial charge is 0.481 e. The van der Waals surface area contributed by atoms with E-state index in [0.29, 0.717) is 0 Å². The lowest BCUT2D eigenvalue weighted by Gasteiger charge is -2.40. The predicted octanol–water partition coefficient (Wildman–Crippen LogP) is 1.84. The van der Waals surface area contributed by atoms with Gasteiger partial charge in [0, 0.05) is 0 Å². The van der Waals surface area contributed by atoms with Crippen molar-refractivity contribution in [1.82, 2.24) is 0 Å². The van der Waals surface area contributed by atoms with Gasteiger partial charge in [-0.05, 0) is 38.0 Å². The summed E-state index contributed by atoms with van der Waals surface area (Å²) < 4.78 is 10.5. The Morgan fingerprint density at radius 3 is 2.79 bits per heavy atom. The summed E-state index contributed by atoms with van der Waals surface area (Å²) in [6.45, 7) is 1.98. The maximum atomic E-state index is 11.5. The number of aliphatic carboxylic acids is 1. The third kappa shape index (κ3) is 3.08. The standard InChI is InChI=1S/C14H22O5/c1-8-6-10(9-4-3-5-12(9)19-8)11(14(16)17)7-13(15)18-2/h8-12H,3-7H2,1-2H3,(H,16,17)/t8-,9+,10+,11+,12+/m1/s1. The number of rotatable bonds is 4. The van der Waals surface area contributed by atoms with Gasteiger partial charge in [-0.3, -0.25) is 9.59 Å². The van der Waals surface area contributed by atoms with Crippen LogP contribution in [0.3, 0.4) is 0 Å². The zero-order chi connectivity index (χ0) is 14.0. The van der Waals surface area contributed by atoms with Crippen molar-refractivity contribution in [3.63, 3.8) is 0 Å². The number of esters is 1. The Morgan fingerprint density at radius 2 is 2.16 bits per heavy atom. The third-order valence-electron chi connectivity index (χ3n) is 4.51. The van der Waals surface area contributed by atoms with Crippen molar-refractivity contribution in [3.8, 4) is 0 Å². The molecule has 1 aliphatic heterocycles. The number of carbonyl (C=O) groups excluding carboxylic acids is 1. The van der Waals surface area contributed by atoms with Gasteiger partial charge in [-0.25, -0.2) is 0 Å². The Morgan fingerprint density at radius 1 is 1.42 bits per heavy atom. The van der Waals surface area contributed by atoms with Crippen LogP contribution in [0.1, 0.15) is 39.0 Å². The fourth-order valence-electron chi connectivity index (χ4n) is 3.67. The summed E-state index contributed by atoms with van der Waals surface area (Å²) in [4.78, 5) is 22.9. The lowest BCUT2D eigenvalue weighted by molar-refractivity contribution is -0.159. The minimum atomic E-state index is -0.893.